The van der Waals surface area contributed by atoms with Gasteiger partial charge < -0.3 is 4.57 Å². The Labute approximate surface area is 92.5 Å². The average molecular weight is 250 g/mol. The van der Waals surface area contributed by atoms with Crippen LogP contribution < -0.4 is 0 Å². The molecule has 0 bridgehead atoms. The molecule has 0 unspecified atom stereocenters. The number of rotatable bonds is 2. The molecule has 2 aromatic rings. The number of halogens is 1. The lowest BCUT2D eigenvalue weighted by atomic mass is 10.2. The molecule has 2 rings (SSSR count). The minimum Gasteiger partial charge on any atom is -0.347 e. The van der Waals surface area contributed by atoms with Crippen LogP contribution in [-0.4, -0.2) is 4.57 Å². The van der Waals surface area contributed by atoms with E-state index in [1.807, 2.05) is 0 Å². The van der Waals surface area contributed by atoms with Gasteiger partial charge in [-0.1, -0.05) is 28.1 Å². The van der Waals surface area contributed by atoms with Crippen molar-refractivity contribution < 1.29 is 0 Å². The minimum absolute atomic E-state index is 0.951. The SMILES string of the molecule is Cc1cccn1Cc1ccc(Br)cc1. The Morgan fingerprint density at radius 3 is 2.43 bits per heavy atom. The van der Waals surface area contributed by atoms with Crippen molar-refractivity contribution in [2.45, 2.75) is 13.5 Å². The molecule has 0 aliphatic rings. The van der Waals surface area contributed by atoms with E-state index in [4.69, 9.17) is 0 Å². The number of hydrogen-bond donors (Lipinski definition) is 0. The Morgan fingerprint density at radius 1 is 1.14 bits per heavy atom. The standard InChI is InChI=1S/C12H12BrN/c1-10-3-2-8-14(10)9-11-4-6-12(13)7-5-11/h2-8H,9H2,1H3. The monoisotopic (exact) mass is 249 g/mol. The first-order chi connectivity index (χ1) is 6.75. The van der Waals surface area contributed by atoms with E-state index in [0.29, 0.717) is 0 Å². The molecule has 0 saturated carbocycles. The molecule has 1 heterocycles. The Balaban J connectivity index is 2.19. The van der Waals surface area contributed by atoms with Crippen LogP contribution in [0.15, 0.2) is 47.1 Å². The van der Waals surface area contributed by atoms with Crippen molar-refractivity contribution >= 4 is 15.9 Å². The van der Waals surface area contributed by atoms with Crippen molar-refractivity contribution in [3.63, 3.8) is 0 Å². The van der Waals surface area contributed by atoms with E-state index in [1.165, 1.54) is 11.3 Å². The summed E-state index contributed by atoms with van der Waals surface area (Å²) in [5.41, 5.74) is 2.63. The summed E-state index contributed by atoms with van der Waals surface area (Å²) in [5.74, 6) is 0. The van der Waals surface area contributed by atoms with Gasteiger partial charge in [-0.3, -0.25) is 0 Å². The van der Waals surface area contributed by atoms with Crippen LogP contribution >= 0.6 is 15.9 Å². The molecule has 0 amide bonds. The number of hydrogen-bond acceptors (Lipinski definition) is 0. The Morgan fingerprint density at radius 2 is 1.86 bits per heavy atom. The summed E-state index contributed by atoms with van der Waals surface area (Å²) in [4.78, 5) is 0. The van der Waals surface area contributed by atoms with Gasteiger partial charge in [0.05, 0.1) is 0 Å². The summed E-state index contributed by atoms with van der Waals surface area (Å²) in [6.07, 6.45) is 2.11. The molecule has 0 aliphatic carbocycles. The summed E-state index contributed by atoms with van der Waals surface area (Å²) in [6.45, 7) is 3.07. The highest BCUT2D eigenvalue weighted by Crippen LogP contribution is 2.12. The van der Waals surface area contributed by atoms with Crippen LogP contribution in [0.1, 0.15) is 11.3 Å². The highest BCUT2D eigenvalue weighted by Gasteiger charge is 1.96. The van der Waals surface area contributed by atoms with Gasteiger partial charge in [-0.15, -0.1) is 0 Å². The van der Waals surface area contributed by atoms with E-state index >= 15 is 0 Å². The van der Waals surface area contributed by atoms with Crippen LogP contribution in [0.3, 0.4) is 0 Å². The fraction of sp³-hybridized carbons (Fsp3) is 0.167. The first kappa shape index (κ1) is 9.53. The fourth-order valence-corrected chi connectivity index (χ4v) is 1.73. The zero-order chi connectivity index (χ0) is 9.97. The lowest BCUT2D eigenvalue weighted by molar-refractivity contribution is 0.776. The van der Waals surface area contributed by atoms with Crippen molar-refractivity contribution in [3.8, 4) is 0 Å². The van der Waals surface area contributed by atoms with Crippen molar-refractivity contribution in [1.29, 1.82) is 0 Å². The van der Waals surface area contributed by atoms with Crippen LogP contribution in [0.5, 0.6) is 0 Å². The maximum absolute atomic E-state index is 3.43. The number of benzene rings is 1. The van der Waals surface area contributed by atoms with Gasteiger partial charge in [0.25, 0.3) is 0 Å². The number of aromatic nitrogens is 1. The highest BCUT2D eigenvalue weighted by atomic mass is 79.9. The number of nitrogens with zero attached hydrogens (tertiary/aromatic N) is 1. The lowest BCUT2D eigenvalue weighted by Crippen LogP contribution is -1.99. The smallest absolute Gasteiger partial charge is 0.0472 e. The lowest BCUT2D eigenvalue weighted by Gasteiger charge is -2.05. The summed E-state index contributed by atoms with van der Waals surface area (Å²) >= 11 is 3.43. The van der Waals surface area contributed by atoms with Crippen molar-refractivity contribution in [2.75, 3.05) is 0 Å². The van der Waals surface area contributed by atoms with Crippen molar-refractivity contribution in [2.24, 2.45) is 0 Å². The van der Waals surface area contributed by atoms with Crippen molar-refractivity contribution in [3.05, 3.63) is 58.3 Å². The predicted octanol–water partition coefficient (Wildman–Crippen LogP) is 3.61. The Hall–Kier alpha value is -1.02. The van der Waals surface area contributed by atoms with Crippen LogP contribution in [0.2, 0.25) is 0 Å². The predicted molar refractivity (Wildman–Crippen MR) is 62.4 cm³/mol. The Bertz CT molecular complexity index is 414. The zero-order valence-corrected chi connectivity index (χ0v) is 9.66. The molecule has 0 saturated heterocycles. The second-order valence-corrected chi connectivity index (χ2v) is 4.32. The molecule has 1 aromatic carbocycles. The third-order valence-electron chi connectivity index (χ3n) is 2.32. The van der Waals surface area contributed by atoms with Crippen LogP contribution in [0.4, 0.5) is 0 Å². The van der Waals surface area contributed by atoms with Gasteiger partial charge in [-0.05, 0) is 36.8 Å². The van der Waals surface area contributed by atoms with E-state index in [1.54, 1.807) is 0 Å². The third kappa shape index (κ3) is 2.07. The molecular formula is C12H12BrN. The van der Waals surface area contributed by atoms with Crippen LogP contribution in [0, 0.1) is 6.92 Å². The second kappa shape index (κ2) is 4.01. The first-order valence-corrected chi connectivity index (χ1v) is 5.41. The maximum atomic E-state index is 3.43. The first-order valence-electron chi connectivity index (χ1n) is 4.62. The number of aryl methyl sites for hydroxylation is 1. The van der Waals surface area contributed by atoms with E-state index in [0.717, 1.165) is 11.0 Å². The highest BCUT2D eigenvalue weighted by molar-refractivity contribution is 9.10. The van der Waals surface area contributed by atoms with Crippen LogP contribution in [-0.2, 0) is 6.54 Å². The van der Waals surface area contributed by atoms with Gasteiger partial charge in [-0.25, -0.2) is 0 Å². The second-order valence-electron chi connectivity index (χ2n) is 3.40. The molecule has 72 valence electrons. The molecule has 1 aromatic heterocycles. The summed E-state index contributed by atoms with van der Waals surface area (Å²) in [7, 11) is 0. The zero-order valence-electron chi connectivity index (χ0n) is 8.07. The van der Waals surface area contributed by atoms with Gasteiger partial charge in [-0.2, -0.15) is 0 Å². The quantitative estimate of drug-likeness (QED) is 0.767. The van der Waals surface area contributed by atoms with E-state index in [2.05, 4.69) is 70.0 Å². The van der Waals surface area contributed by atoms with Gasteiger partial charge in [0.15, 0.2) is 0 Å². The molecule has 0 radical (unpaired) electrons. The summed E-state index contributed by atoms with van der Waals surface area (Å²) < 4.78 is 3.37. The molecule has 1 nitrogen and oxygen atoms in total. The van der Waals surface area contributed by atoms with E-state index in [-0.39, 0.29) is 0 Å². The fourth-order valence-electron chi connectivity index (χ4n) is 1.46. The van der Waals surface area contributed by atoms with E-state index < -0.39 is 0 Å². The van der Waals surface area contributed by atoms with Crippen LogP contribution in [0.25, 0.3) is 0 Å². The molecule has 0 spiro atoms. The molecule has 0 N–H and O–H groups in total. The summed E-state index contributed by atoms with van der Waals surface area (Å²) in [5, 5.41) is 0. The normalized spacial score (nSPS) is 10.4. The van der Waals surface area contributed by atoms with Gasteiger partial charge in [0, 0.05) is 22.9 Å². The topological polar surface area (TPSA) is 4.93 Å². The maximum Gasteiger partial charge on any atom is 0.0472 e. The van der Waals surface area contributed by atoms with Gasteiger partial charge >= 0.3 is 0 Å². The third-order valence-corrected chi connectivity index (χ3v) is 2.85. The molecule has 0 fully saturated rings. The average Bonchev–Trinajstić information content (AvgIpc) is 2.56. The minimum atomic E-state index is 0.951. The Kier molecular flexibility index (Phi) is 2.73. The molecule has 2 heteroatoms. The van der Waals surface area contributed by atoms with E-state index in [9.17, 15) is 0 Å². The van der Waals surface area contributed by atoms with Gasteiger partial charge in [0.1, 0.15) is 0 Å². The largest absolute Gasteiger partial charge is 0.347 e. The van der Waals surface area contributed by atoms with Crippen molar-refractivity contribution in [1.82, 2.24) is 4.57 Å². The summed E-state index contributed by atoms with van der Waals surface area (Å²) in [6, 6.07) is 12.6. The molecular weight excluding hydrogens is 238 g/mol. The molecule has 14 heavy (non-hydrogen) atoms. The van der Waals surface area contributed by atoms with Gasteiger partial charge in [0.2, 0.25) is 0 Å². The molecule has 0 atom stereocenters. The molecule has 0 aliphatic heterocycles.